The summed E-state index contributed by atoms with van der Waals surface area (Å²) in [6.45, 7) is 1.41. The molecule has 6 rings (SSSR count). The second-order valence-electron chi connectivity index (χ2n) is 8.46. The minimum atomic E-state index is -0.313. The average molecular weight is 390 g/mol. The maximum atomic E-state index is 13.3. The molecule has 8 heteroatoms. The number of carbonyl (C=O) groups excluding carboxylic acids is 1. The number of benzene rings is 1. The summed E-state index contributed by atoms with van der Waals surface area (Å²) in [5, 5.41) is 12.5. The van der Waals surface area contributed by atoms with E-state index in [-0.39, 0.29) is 17.4 Å². The highest BCUT2D eigenvalue weighted by molar-refractivity contribution is 5.91. The molecule has 3 heterocycles. The van der Waals surface area contributed by atoms with E-state index in [0.29, 0.717) is 24.0 Å². The van der Waals surface area contributed by atoms with Crippen molar-refractivity contribution >= 4 is 5.91 Å². The standard InChI is InChI=1S/C21H22N6O2/c28-20(21(9-10-21)15-4-2-1-3-5-15)26-11-8-16(12-26)27-13-17(23-25-27)19-22-18(24-29-19)14-6-7-14/h1-5,13-14,16H,6-12H2/t16-/m1/s1. The van der Waals surface area contributed by atoms with Crippen LogP contribution in [-0.2, 0) is 10.2 Å². The van der Waals surface area contributed by atoms with Gasteiger partial charge in [0.15, 0.2) is 11.5 Å². The predicted molar refractivity (Wildman–Crippen MR) is 103 cm³/mol. The Morgan fingerprint density at radius 3 is 2.72 bits per heavy atom. The zero-order valence-corrected chi connectivity index (χ0v) is 16.1. The van der Waals surface area contributed by atoms with E-state index in [0.717, 1.165) is 50.0 Å². The lowest BCUT2D eigenvalue weighted by atomic mass is 9.94. The maximum absolute atomic E-state index is 13.3. The molecule has 29 heavy (non-hydrogen) atoms. The van der Waals surface area contributed by atoms with E-state index >= 15 is 0 Å². The summed E-state index contributed by atoms with van der Waals surface area (Å²) in [4.78, 5) is 19.7. The Kier molecular flexibility index (Phi) is 3.63. The molecule has 0 spiro atoms. The van der Waals surface area contributed by atoms with E-state index in [1.54, 1.807) is 0 Å². The van der Waals surface area contributed by atoms with Crippen molar-refractivity contribution in [1.82, 2.24) is 30.0 Å². The highest BCUT2D eigenvalue weighted by Crippen LogP contribution is 2.50. The van der Waals surface area contributed by atoms with Gasteiger partial charge in [-0.05, 0) is 37.7 Å². The van der Waals surface area contributed by atoms with E-state index in [4.69, 9.17) is 4.52 Å². The van der Waals surface area contributed by atoms with Crippen molar-refractivity contribution in [2.75, 3.05) is 13.1 Å². The summed E-state index contributed by atoms with van der Waals surface area (Å²) in [5.74, 6) is 1.88. The molecule has 1 atom stereocenters. The van der Waals surface area contributed by atoms with Gasteiger partial charge < -0.3 is 9.42 Å². The smallest absolute Gasteiger partial charge is 0.280 e. The van der Waals surface area contributed by atoms with Crippen LogP contribution in [0.25, 0.3) is 11.6 Å². The molecular formula is C21H22N6O2. The molecule has 0 N–H and O–H groups in total. The summed E-state index contributed by atoms with van der Waals surface area (Å²) in [7, 11) is 0. The largest absolute Gasteiger partial charge is 0.340 e. The van der Waals surface area contributed by atoms with Gasteiger partial charge in [0.2, 0.25) is 5.91 Å². The second-order valence-corrected chi connectivity index (χ2v) is 8.46. The summed E-state index contributed by atoms with van der Waals surface area (Å²) in [5.41, 5.74) is 1.42. The van der Waals surface area contributed by atoms with Crippen LogP contribution in [0.2, 0.25) is 0 Å². The van der Waals surface area contributed by atoms with Crippen molar-refractivity contribution in [3.8, 4) is 11.6 Å². The van der Waals surface area contributed by atoms with E-state index in [9.17, 15) is 4.79 Å². The third kappa shape index (κ3) is 2.85. The van der Waals surface area contributed by atoms with Crippen molar-refractivity contribution in [1.29, 1.82) is 0 Å². The maximum Gasteiger partial charge on any atom is 0.280 e. The quantitative estimate of drug-likeness (QED) is 0.665. The fourth-order valence-corrected chi connectivity index (χ4v) is 4.35. The third-order valence-corrected chi connectivity index (χ3v) is 6.42. The lowest BCUT2D eigenvalue weighted by Crippen LogP contribution is -2.38. The topological polar surface area (TPSA) is 89.9 Å². The number of rotatable bonds is 5. The van der Waals surface area contributed by atoms with Crippen LogP contribution in [0.15, 0.2) is 41.1 Å². The molecule has 2 aromatic heterocycles. The minimum Gasteiger partial charge on any atom is -0.340 e. The Morgan fingerprint density at radius 2 is 1.97 bits per heavy atom. The van der Waals surface area contributed by atoms with Gasteiger partial charge in [0, 0.05) is 19.0 Å². The van der Waals surface area contributed by atoms with Gasteiger partial charge in [0.1, 0.15) is 0 Å². The lowest BCUT2D eigenvalue weighted by Gasteiger charge is -2.23. The summed E-state index contributed by atoms with van der Waals surface area (Å²) in [6.07, 6.45) is 6.85. The molecule has 2 saturated carbocycles. The van der Waals surface area contributed by atoms with Gasteiger partial charge in [0.05, 0.1) is 17.7 Å². The SMILES string of the molecule is O=C(N1CC[C@@H](n2cc(-c3nc(C4CC4)no3)nn2)C1)C1(c2ccccc2)CC1. The lowest BCUT2D eigenvalue weighted by molar-refractivity contribution is -0.133. The Morgan fingerprint density at radius 1 is 1.14 bits per heavy atom. The number of amides is 1. The zero-order chi connectivity index (χ0) is 19.4. The highest BCUT2D eigenvalue weighted by atomic mass is 16.5. The molecule has 0 bridgehead atoms. The van der Waals surface area contributed by atoms with E-state index in [1.165, 1.54) is 0 Å². The van der Waals surface area contributed by atoms with E-state index < -0.39 is 0 Å². The first-order chi connectivity index (χ1) is 14.2. The Balaban J connectivity index is 1.16. The van der Waals surface area contributed by atoms with Crippen LogP contribution >= 0.6 is 0 Å². The van der Waals surface area contributed by atoms with Gasteiger partial charge in [0.25, 0.3) is 5.89 Å². The van der Waals surface area contributed by atoms with Gasteiger partial charge in [-0.15, -0.1) is 5.10 Å². The molecule has 3 aromatic rings. The first-order valence-electron chi connectivity index (χ1n) is 10.3. The molecule has 1 saturated heterocycles. The van der Waals surface area contributed by atoms with E-state index in [2.05, 4.69) is 32.6 Å². The third-order valence-electron chi connectivity index (χ3n) is 6.42. The molecule has 0 unspecified atom stereocenters. The fraction of sp³-hybridized carbons (Fsp3) is 0.476. The first kappa shape index (κ1) is 16.9. The number of nitrogens with zero attached hydrogens (tertiary/aromatic N) is 6. The Bertz CT molecular complexity index is 1050. The van der Waals surface area contributed by atoms with Crippen LogP contribution < -0.4 is 0 Å². The molecule has 148 valence electrons. The number of likely N-dealkylation sites (tertiary alicyclic amines) is 1. The molecule has 1 amide bonds. The van der Waals surface area contributed by atoms with Crippen LogP contribution in [0.1, 0.15) is 55.5 Å². The molecule has 8 nitrogen and oxygen atoms in total. The van der Waals surface area contributed by atoms with Crippen molar-refractivity contribution < 1.29 is 9.32 Å². The monoisotopic (exact) mass is 390 g/mol. The molecule has 2 aliphatic carbocycles. The number of aromatic nitrogens is 5. The molecule has 3 aliphatic rings. The van der Waals surface area contributed by atoms with Crippen LogP contribution in [0.4, 0.5) is 0 Å². The van der Waals surface area contributed by atoms with Gasteiger partial charge in [-0.25, -0.2) is 4.68 Å². The van der Waals surface area contributed by atoms with Gasteiger partial charge in [-0.2, -0.15) is 4.98 Å². The predicted octanol–water partition coefficient (Wildman–Crippen LogP) is 2.71. The van der Waals surface area contributed by atoms with Crippen LogP contribution in [0, 0.1) is 0 Å². The summed E-state index contributed by atoms with van der Waals surface area (Å²) < 4.78 is 7.19. The molecule has 1 aromatic carbocycles. The van der Waals surface area contributed by atoms with Gasteiger partial charge in [-0.1, -0.05) is 40.7 Å². The Hall–Kier alpha value is -3.03. The van der Waals surface area contributed by atoms with Crippen LogP contribution in [0.5, 0.6) is 0 Å². The average Bonchev–Trinajstić information content (AvgIpc) is 3.58. The van der Waals surface area contributed by atoms with Crippen molar-refractivity contribution in [3.63, 3.8) is 0 Å². The van der Waals surface area contributed by atoms with Crippen molar-refractivity contribution in [3.05, 3.63) is 47.9 Å². The summed E-state index contributed by atoms with van der Waals surface area (Å²) >= 11 is 0. The van der Waals surface area contributed by atoms with Crippen molar-refractivity contribution in [2.45, 2.75) is 49.5 Å². The molecule has 0 radical (unpaired) electrons. The van der Waals surface area contributed by atoms with Crippen LogP contribution in [0.3, 0.4) is 0 Å². The summed E-state index contributed by atoms with van der Waals surface area (Å²) in [6, 6.07) is 10.3. The number of hydrogen-bond donors (Lipinski definition) is 0. The highest BCUT2D eigenvalue weighted by Gasteiger charge is 2.53. The second kappa shape index (κ2) is 6.23. The van der Waals surface area contributed by atoms with Gasteiger partial charge >= 0.3 is 0 Å². The molecule has 1 aliphatic heterocycles. The van der Waals surface area contributed by atoms with Gasteiger partial charge in [-0.3, -0.25) is 4.79 Å². The molecular weight excluding hydrogens is 368 g/mol. The Labute approximate surface area is 167 Å². The van der Waals surface area contributed by atoms with Crippen LogP contribution in [-0.4, -0.2) is 49.0 Å². The fourth-order valence-electron chi connectivity index (χ4n) is 4.35. The van der Waals surface area contributed by atoms with Crippen molar-refractivity contribution in [2.24, 2.45) is 0 Å². The first-order valence-corrected chi connectivity index (χ1v) is 10.3. The zero-order valence-electron chi connectivity index (χ0n) is 16.1. The normalized spacial score (nSPS) is 22.8. The number of hydrogen-bond acceptors (Lipinski definition) is 6. The van der Waals surface area contributed by atoms with E-state index in [1.807, 2.05) is 34.0 Å². The minimum absolute atomic E-state index is 0.123. The molecule has 3 fully saturated rings. The number of carbonyl (C=O) groups is 1.